The Labute approximate surface area is 727 Å². The number of carbonyl (C=O) groups is 9. The van der Waals surface area contributed by atoms with Gasteiger partial charge in [-0.05, 0) is 145 Å². The molecule has 0 spiro atoms. The van der Waals surface area contributed by atoms with Crippen LogP contribution in [0, 0.1) is 5.92 Å². The summed E-state index contributed by atoms with van der Waals surface area (Å²) < 4.78 is 40.7. The van der Waals surface area contributed by atoms with Crippen LogP contribution in [0.15, 0.2) is 126 Å². The third-order valence-electron chi connectivity index (χ3n) is 21.4. The van der Waals surface area contributed by atoms with Gasteiger partial charge in [-0.15, -0.1) is 0 Å². The lowest BCUT2D eigenvalue weighted by Crippen LogP contribution is -2.65. The summed E-state index contributed by atoms with van der Waals surface area (Å²) in [6.07, 6.45) is -15.3. The van der Waals surface area contributed by atoms with Crippen LogP contribution in [0.1, 0.15) is 118 Å². The first kappa shape index (κ1) is 92.5. The van der Waals surface area contributed by atoms with Crippen LogP contribution in [0.2, 0.25) is 15.1 Å². The van der Waals surface area contributed by atoms with E-state index in [2.05, 4.69) is 63.7 Å². The molecule has 7 aliphatic heterocycles. The number of halogens is 3. The van der Waals surface area contributed by atoms with E-state index < -0.39 is 249 Å². The van der Waals surface area contributed by atoms with Crippen LogP contribution in [0.25, 0.3) is 17.2 Å². The third kappa shape index (κ3) is 21.3. The van der Waals surface area contributed by atoms with Crippen molar-refractivity contribution in [1.82, 2.24) is 62.9 Å². The number of nitrogens with one attached hydrogen (secondary N) is 11. The summed E-state index contributed by atoms with van der Waals surface area (Å²) in [7, 11) is 1.47. The number of hydrazine groups is 1. The van der Waals surface area contributed by atoms with E-state index in [1.165, 1.54) is 61.2 Å². The molecular formula is C83H93Cl3N14O25. The Bertz CT molecular complexity index is 5360. The smallest absolute Gasteiger partial charge is 0.349 e. The Hall–Kier alpha value is -11.6. The van der Waals surface area contributed by atoms with Gasteiger partial charge in [0.05, 0.1) is 41.3 Å². The molecular weight excluding hydrogens is 1700 g/mol. The number of aromatic hydroxyl groups is 3. The van der Waals surface area contributed by atoms with Crippen molar-refractivity contribution in [2.24, 2.45) is 11.7 Å². The molecule has 11 bridgehead atoms. The number of nitrogens with two attached hydrogens (primary N) is 1. The van der Waals surface area contributed by atoms with Crippen LogP contribution in [0.4, 0.5) is 5.82 Å². The lowest BCUT2D eigenvalue weighted by molar-refractivity contribution is -0.334. The van der Waals surface area contributed by atoms with Gasteiger partial charge in [0.15, 0.2) is 23.9 Å². The Balaban J connectivity index is 0.997. The van der Waals surface area contributed by atoms with Crippen molar-refractivity contribution in [3.05, 3.63) is 180 Å². The van der Waals surface area contributed by atoms with Crippen molar-refractivity contribution >= 4 is 99.9 Å². The molecule has 7 aliphatic rings. The maximum atomic E-state index is 16.3. The SMILES string of the molecule is CCNNC(=O)[C@@H]1NC(=O)[C@H]2NC(=O)[C@H](NC(=O)[C@@H]3NC(=O)[C@H](CC(N)=O)NC(=O)[C@H](NC(=O)[C@@H](CC(C)C)NC)[C@H](O)c4ccc(c(Cl)c4)Oc4cc3cc(c4O[C@@H]3O[C@H](CO)[C@@H](O)[C@H](O)[C@H]3O[C@H]3C[C@](C)(NCCn4ccc(NC(=O)/C=C/c5ccc(Cl)cc5)nc4=O)[C@H](O)[C@H](C)O3)Oc3ccc(cc3Cl)[C@H]2O)c2ccc(O)c(c2)-c2c(O)cc(O)cc21. The number of nitrogens with zero attached hydrogens (tertiary/aromatic N) is 2. The molecule has 6 aromatic carbocycles. The maximum Gasteiger partial charge on any atom is 0.349 e. The molecule has 14 rings (SSSR count). The second-order valence-corrected chi connectivity index (χ2v) is 32.1. The van der Waals surface area contributed by atoms with E-state index in [0.717, 1.165) is 60.7 Å². The van der Waals surface area contributed by atoms with E-state index in [1.807, 2.05) is 13.8 Å². The standard InChI is InChI=1S/C83H93Cl3N14O25/c1-7-90-99-80(118)64-45-30-43(102)31-51(104)61(45)44-25-38(11-16-50(44)103)62-76(114)98-66(79(117)96-64)68(108)40-13-18-53(47(86)27-40)122-55-29-41-28-54(121-52-17-12-39(26-46(52)85)67(107)65(97-74(112)48(88-6)24-35(2)3)78(116)91-49(32-57(87)105)75(113)94-63(41)77(115)95-62)71(55)125-81-72(70(110)69(109)56(34-101)123-81)124-60-33-83(5,73(111)36(4)120-60)89-21-23-100-22-20-58(93-82(100)119)92-59(106)19-10-37-8-14-42(84)15-9-37/h8-20,22,25-31,35-36,48-49,56,60,62-70,72-73,81,88-90,101-104,107-111H,7,21,23-24,32-34H2,1-6H3,(H2,87,105)(H,91,116)(H,94,113)(H,95,115)(H,96,117)(H,97,112)(H,98,114)(H,99,118)(H,92,93,106,119)/b19-10+/t36-,48+,49-,56+,60-,62+,63+,64+,65+,66-,67+,68+,69+,70-,72+,73+,81-,83-/m0/s1. The van der Waals surface area contributed by atoms with Crippen molar-refractivity contribution in [3.63, 3.8) is 0 Å². The second kappa shape index (κ2) is 39.7. The molecule has 22 N–H and O–H groups in total. The molecule has 125 heavy (non-hydrogen) atoms. The van der Waals surface area contributed by atoms with Gasteiger partial charge in [-0.25, -0.2) is 10.2 Å². The van der Waals surface area contributed by atoms with E-state index >= 15 is 24.0 Å². The molecule has 9 amide bonds. The van der Waals surface area contributed by atoms with Gasteiger partial charge < -0.3 is 128 Å². The number of phenols is 3. The third-order valence-corrected chi connectivity index (χ3v) is 22.3. The first-order valence-corrected chi connectivity index (χ1v) is 40.6. The zero-order chi connectivity index (χ0) is 90.3. The Morgan fingerprint density at radius 1 is 0.728 bits per heavy atom. The van der Waals surface area contributed by atoms with Crippen molar-refractivity contribution in [2.75, 3.05) is 32.1 Å². The number of aromatic nitrogens is 2. The molecule has 0 aliphatic carbocycles. The molecule has 7 aromatic rings. The number of amides is 9. The van der Waals surface area contributed by atoms with Crippen LogP contribution < -0.4 is 84.3 Å². The number of fused-ring (bicyclic) bond motifs is 15. The van der Waals surface area contributed by atoms with Crippen LogP contribution in [-0.2, 0) is 63.9 Å². The van der Waals surface area contributed by atoms with Gasteiger partial charge in [0, 0.05) is 66.1 Å². The minimum Gasteiger partial charge on any atom is -0.508 e. The maximum absolute atomic E-state index is 16.3. The van der Waals surface area contributed by atoms with E-state index in [4.69, 9.17) is 69.0 Å². The number of ether oxygens (including phenoxy) is 6. The number of aliphatic hydroxyl groups is 6. The number of phenolic OH excluding ortho intramolecular Hbond substituents is 3. The van der Waals surface area contributed by atoms with Gasteiger partial charge in [-0.2, -0.15) is 4.98 Å². The molecule has 42 heteroatoms. The van der Waals surface area contributed by atoms with Gasteiger partial charge in [0.1, 0.15) is 101 Å². The summed E-state index contributed by atoms with van der Waals surface area (Å²) in [4.78, 5) is 150. The first-order valence-electron chi connectivity index (χ1n) is 39.5. The topological polar surface area (TPSA) is 584 Å². The van der Waals surface area contributed by atoms with Gasteiger partial charge in [-0.1, -0.05) is 85.9 Å². The van der Waals surface area contributed by atoms with Crippen molar-refractivity contribution in [1.29, 1.82) is 0 Å². The highest BCUT2D eigenvalue weighted by atomic mass is 35.5. The predicted molar refractivity (Wildman–Crippen MR) is 445 cm³/mol. The molecule has 8 heterocycles. The average molecular weight is 1790 g/mol. The molecule has 0 unspecified atom stereocenters. The molecule has 18 atom stereocenters. The largest absolute Gasteiger partial charge is 0.508 e. The molecule has 39 nitrogen and oxygen atoms in total. The highest BCUT2D eigenvalue weighted by Crippen LogP contribution is 2.50. The first-order chi connectivity index (χ1) is 59.4. The second-order valence-electron chi connectivity index (χ2n) is 30.9. The Kier molecular flexibility index (Phi) is 29.4. The summed E-state index contributed by atoms with van der Waals surface area (Å²) in [5.41, 5.74) is 6.81. The van der Waals surface area contributed by atoms with E-state index in [-0.39, 0.29) is 71.7 Å². The molecule has 0 radical (unpaired) electrons. The minimum absolute atomic E-state index is 0.0314. The zero-order valence-corrected chi connectivity index (χ0v) is 69.9. The van der Waals surface area contributed by atoms with Crippen LogP contribution in [0.5, 0.6) is 46.0 Å². The fourth-order valence-electron chi connectivity index (χ4n) is 14.9. The van der Waals surface area contributed by atoms with Gasteiger partial charge >= 0.3 is 5.69 Å². The number of rotatable bonds is 22. The fraction of sp³-hybridized carbons (Fsp3) is 0.386. The van der Waals surface area contributed by atoms with Crippen molar-refractivity contribution in [2.45, 2.75) is 170 Å². The zero-order valence-electron chi connectivity index (χ0n) is 67.6. The summed E-state index contributed by atoms with van der Waals surface area (Å²) >= 11 is 20.4. The van der Waals surface area contributed by atoms with Crippen molar-refractivity contribution in [3.8, 4) is 57.1 Å². The number of anilines is 1. The number of hydrogen-bond donors (Lipinski definition) is 21. The predicted octanol–water partition coefficient (Wildman–Crippen LogP) is 1.86. The van der Waals surface area contributed by atoms with E-state index in [9.17, 15) is 69.9 Å². The molecule has 2 fully saturated rings. The Morgan fingerprint density at radius 3 is 2.01 bits per heavy atom. The Morgan fingerprint density at radius 2 is 1.38 bits per heavy atom. The summed E-state index contributed by atoms with van der Waals surface area (Å²) in [5, 5.41) is 130. The minimum atomic E-state index is -2.38. The average Bonchev–Trinajstić information content (AvgIpc) is 0.769. The lowest BCUT2D eigenvalue weighted by Gasteiger charge is -2.48. The summed E-state index contributed by atoms with van der Waals surface area (Å²) in [5.74, 6) is -15.8. The number of primary amides is 1. The molecule has 2 saturated heterocycles. The monoisotopic (exact) mass is 1790 g/mol. The summed E-state index contributed by atoms with van der Waals surface area (Å²) in [6.45, 7) is 7.34. The highest BCUT2D eigenvalue weighted by molar-refractivity contribution is 6.32. The number of benzene rings is 6. The number of aliphatic hydroxyl groups excluding tert-OH is 6. The molecule has 1 aromatic heterocycles. The van der Waals surface area contributed by atoms with Crippen LogP contribution in [-0.4, -0.2) is 214 Å². The van der Waals surface area contributed by atoms with Gasteiger partial charge in [0.2, 0.25) is 59.3 Å². The quantitative estimate of drug-likeness (QED) is 0.0340. The molecule has 0 saturated carbocycles. The van der Waals surface area contributed by atoms with Gasteiger partial charge in [0.25, 0.3) is 5.91 Å². The number of carbonyl (C=O) groups excluding carboxylic acids is 9. The van der Waals surface area contributed by atoms with Crippen LogP contribution in [0.3, 0.4) is 0 Å². The van der Waals surface area contributed by atoms with Gasteiger partial charge in [-0.3, -0.25) is 53.1 Å². The van der Waals surface area contributed by atoms with E-state index in [1.54, 1.807) is 38.1 Å². The normalized spacial score (nSPS) is 26.0. The fourth-order valence-corrected chi connectivity index (χ4v) is 15.5. The van der Waals surface area contributed by atoms with Crippen molar-refractivity contribution < 1.29 is 118 Å². The molecule has 666 valence electrons. The lowest BCUT2D eigenvalue weighted by atomic mass is 9.85. The van der Waals surface area contributed by atoms with Crippen LogP contribution >= 0.6 is 34.8 Å². The van der Waals surface area contributed by atoms with E-state index in [0.29, 0.717) is 10.6 Å². The number of likely N-dealkylation sites (N-methyl/N-ethyl adjacent to an activating group) is 1. The highest BCUT2D eigenvalue weighted by Gasteiger charge is 2.52. The summed E-state index contributed by atoms with van der Waals surface area (Å²) in [6, 6.07) is 7.96. The number of hydrogen-bond acceptors (Lipinski definition) is 29.